The minimum absolute atomic E-state index is 0.0615. The van der Waals surface area contributed by atoms with Crippen LogP contribution in [0, 0.1) is 12.7 Å². The number of hydrogen-bond donors (Lipinski definition) is 1. The van der Waals surface area contributed by atoms with Gasteiger partial charge in [-0.2, -0.15) is 5.10 Å². The van der Waals surface area contributed by atoms with E-state index in [1.165, 1.54) is 6.07 Å². The molecule has 1 heterocycles. The lowest BCUT2D eigenvalue weighted by Crippen LogP contribution is -2.09. The van der Waals surface area contributed by atoms with Gasteiger partial charge in [-0.3, -0.25) is 9.89 Å². The Balaban J connectivity index is 2.97. The van der Waals surface area contributed by atoms with Crippen LogP contribution in [0.2, 0.25) is 5.02 Å². The number of halogens is 2. The van der Waals surface area contributed by atoms with Gasteiger partial charge in [0.25, 0.3) is 0 Å². The lowest BCUT2D eigenvalue weighted by atomic mass is 10.2. The second-order valence-corrected chi connectivity index (χ2v) is 3.36. The van der Waals surface area contributed by atoms with Crippen LogP contribution in [-0.2, 0) is 0 Å². The van der Waals surface area contributed by atoms with Crippen LogP contribution in [0.1, 0.15) is 5.69 Å². The first-order valence-electron chi connectivity index (χ1n) is 3.93. The maximum absolute atomic E-state index is 13.0. The van der Waals surface area contributed by atoms with E-state index in [1.807, 2.05) is 0 Å². The van der Waals surface area contributed by atoms with Crippen molar-refractivity contribution in [2.45, 2.75) is 6.92 Å². The summed E-state index contributed by atoms with van der Waals surface area (Å²) in [5.74, 6) is -0.569. The van der Waals surface area contributed by atoms with Crippen LogP contribution < -0.4 is 5.43 Å². The number of rotatable bonds is 0. The number of aromatic amines is 1. The molecule has 0 amide bonds. The fourth-order valence-electron chi connectivity index (χ4n) is 1.22. The van der Waals surface area contributed by atoms with Crippen LogP contribution in [0.4, 0.5) is 4.39 Å². The second kappa shape index (κ2) is 3.06. The molecule has 0 fully saturated rings. The molecule has 1 N–H and O–H groups in total. The van der Waals surface area contributed by atoms with Crippen LogP contribution >= 0.6 is 11.6 Å². The zero-order valence-corrected chi connectivity index (χ0v) is 8.02. The van der Waals surface area contributed by atoms with Gasteiger partial charge in [-0.25, -0.2) is 4.39 Å². The van der Waals surface area contributed by atoms with Gasteiger partial charge >= 0.3 is 0 Å². The molecule has 14 heavy (non-hydrogen) atoms. The molecule has 0 unspecified atom stereocenters. The Kier molecular flexibility index (Phi) is 2.00. The average Bonchev–Trinajstić information content (AvgIpc) is 2.15. The summed E-state index contributed by atoms with van der Waals surface area (Å²) in [6, 6.07) is 2.46. The van der Waals surface area contributed by atoms with Crippen molar-refractivity contribution in [2.75, 3.05) is 0 Å². The lowest BCUT2D eigenvalue weighted by molar-refractivity contribution is 0.629. The van der Waals surface area contributed by atoms with Crippen LogP contribution in [0.15, 0.2) is 16.9 Å². The molecule has 2 aromatic rings. The predicted octanol–water partition coefficient (Wildman–Crippen LogP) is 2.02. The first-order chi connectivity index (χ1) is 6.59. The molecule has 0 atom stereocenters. The van der Waals surface area contributed by atoms with E-state index >= 15 is 0 Å². The molecule has 0 bridgehead atoms. The van der Waals surface area contributed by atoms with Crippen molar-refractivity contribution in [3.05, 3.63) is 38.9 Å². The molecule has 0 spiro atoms. The quantitative estimate of drug-likeness (QED) is 0.726. The fraction of sp³-hybridized carbons (Fsp3) is 0.111. The van der Waals surface area contributed by atoms with Crippen molar-refractivity contribution in [1.29, 1.82) is 0 Å². The first kappa shape index (κ1) is 9.15. The van der Waals surface area contributed by atoms with E-state index in [0.717, 1.165) is 6.07 Å². The number of aryl methyl sites for hydroxylation is 1. The summed E-state index contributed by atoms with van der Waals surface area (Å²) in [6.45, 7) is 1.58. The molecule has 2 rings (SSSR count). The van der Waals surface area contributed by atoms with Crippen molar-refractivity contribution < 1.29 is 4.39 Å². The Hall–Kier alpha value is -1.42. The Morgan fingerprint density at radius 3 is 2.93 bits per heavy atom. The highest BCUT2D eigenvalue weighted by Crippen LogP contribution is 2.18. The standard InChI is InChI=1S/C9H6ClFN2O/c1-4-9(14)5-2-6(10)7(11)3-8(5)13-12-4/h2-3H,1H3,(H,13,14). The second-order valence-electron chi connectivity index (χ2n) is 2.95. The molecule has 72 valence electrons. The van der Waals surface area contributed by atoms with E-state index in [4.69, 9.17) is 11.6 Å². The SMILES string of the molecule is Cc1n[nH]c2cc(F)c(Cl)cc2c1=O. The molecule has 0 saturated carbocycles. The topological polar surface area (TPSA) is 45.8 Å². The largest absolute Gasteiger partial charge is 0.287 e. The third kappa shape index (κ3) is 1.28. The highest BCUT2D eigenvalue weighted by atomic mass is 35.5. The highest BCUT2D eigenvalue weighted by molar-refractivity contribution is 6.31. The minimum atomic E-state index is -0.569. The Bertz CT molecular complexity index is 564. The number of hydrogen-bond acceptors (Lipinski definition) is 2. The third-order valence-electron chi connectivity index (χ3n) is 1.98. The molecule has 5 heteroatoms. The number of benzene rings is 1. The summed E-state index contributed by atoms with van der Waals surface area (Å²) in [5, 5.41) is 6.60. The maximum Gasteiger partial charge on any atom is 0.210 e. The fourth-order valence-corrected chi connectivity index (χ4v) is 1.38. The number of nitrogens with zero attached hydrogens (tertiary/aromatic N) is 1. The van der Waals surface area contributed by atoms with E-state index in [1.54, 1.807) is 6.92 Å². The van der Waals surface area contributed by atoms with Gasteiger partial charge in [-0.15, -0.1) is 0 Å². The van der Waals surface area contributed by atoms with Crippen molar-refractivity contribution in [1.82, 2.24) is 10.2 Å². The molecule has 0 aliphatic carbocycles. The van der Waals surface area contributed by atoms with E-state index in [2.05, 4.69) is 10.2 Å². The van der Waals surface area contributed by atoms with E-state index < -0.39 is 5.82 Å². The zero-order valence-electron chi connectivity index (χ0n) is 7.27. The summed E-state index contributed by atoms with van der Waals surface area (Å²) in [5.41, 5.74) is 0.448. The van der Waals surface area contributed by atoms with Gasteiger partial charge in [0.15, 0.2) is 0 Å². The van der Waals surface area contributed by atoms with Gasteiger partial charge in [0.1, 0.15) is 11.5 Å². The molecule has 0 aliphatic heterocycles. The van der Waals surface area contributed by atoms with E-state index in [0.29, 0.717) is 16.6 Å². The molecular formula is C9H6ClFN2O. The van der Waals surface area contributed by atoms with Gasteiger partial charge in [0.2, 0.25) is 5.43 Å². The van der Waals surface area contributed by atoms with Gasteiger partial charge in [0.05, 0.1) is 15.9 Å². The van der Waals surface area contributed by atoms with Crippen molar-refractivity contribution in [3.8, 4) is 0 Å². The summed E-state index contributed by atoms with van der Waals surface area (Å²) in [6.07, 6.45) is 0. The summed E-state index contributed by atoms with van der Waals surface area (Å²) in [7, 11) is 0. The van der Waals surface area contributed by atoms with Crippen LogP contribution in [0.3, 0.4) is 0 Å². The molecular weight excluding hydrogens is 207 g/mol. The Morgan fingerprint density at radius 1 is 1.50 bits per heavy atom. The van der Waals surface area contributed by atoms with Gasteiger partial charge in [-0.1, -0.05) is 11.6 Å². The third-order valence-corrected chi connectivity index (χ3v) is 2.27. The van der Waals surface area contributed by atoms with Gasteiger partial charge in [-0.05, 0) is 13.0 Å². The molecule has 0 saturated heterocycles. The van der Waals surface area contributed by atoms with Crippen LogP contribution in [0.25, 0.3) is 10.9 Å². The number of fused-ring (bicyclic) bond motifs is 1. The normalized spacial score (nSPS) is 10.8. The molecule has 0 radical (unpaired) electrons. The molecule has 1 aromatic carbocycles. The molecule has 3 nitrogen and oxygen atoms in total. The maximum atomic E-state index is 13.0. The highest BCUT2D eigenvalue weighted by Gasteiger charge is 2.07. The Labute approximate surface area is 83.5 Å². The molecule has 0 aliphatic rings. The predicted molar refractivity (Wildman–Crippen MR) is 52.1 cm³/mol. The number of H-pyrrole nitrogens is 1. The average molecular weight is 213 g/mol. The summed E-state index contributed by atoms with van der Waals surface area (Å²) >= 11 is 5.56. The summed E-state index contributed by atoms with van der Waals surface area (Å²) < 4.78 is 13.0. The van der Waals surface area contributed by atoms with Crippen molar-refractivity contribution in [2.24, 2.45) is 0 Å². The van der Waals surface area contributed by atoms with Crippen molar-refractivity contribution in [3.63, 3.8) is 0 Å². The van der Waals surface area contributed by atoms with Crippen LogP contribution in [0.5, 0.6) is 0 Å². The van der Waals surface area contributed by atoms with Gasteiger partial charge < -0.3 is 0 Å². The summed E-state index contributed by atoms with van der Waals surface area (Å²) in [4.78, 5) is 11.5. The monoisotopic (exact) mass is 212 g/mol. The van der Waals surface area contributed by atoms with Crippen LogP contribution in [-0.4, -0.2) is 10.2 Å². The smallest absolute Gasteiger partial charge is 0.210 e. The minimum Gasteiger partial charge on any atom is -0.287 e. The van der Waals surface area contributed by atoms with Crippen molar-refractivity contribution >= 4 is 22.5 Å². The molecule has 1 aromatic heterocycles. The Morgan fingerprint density at radius 2 is 2.21 bits per heavy atom. The lowest BCUT2D eigenvalue weighted by Gasteiger charge is -1.99. The first-order valence-corrected chi connectivity index (χ1v) is 4.31. The number of nitrogens with one attached hydrogen (secondary N) is 1. The van der Waals surface area contributed by atoms with E-state index in [-0.39, 0.29) is 10.5 Å². The van der Waals surface area contributed by atoms with E-state index in [9.17, 15) is 9.18 Å². The number of aromatic nitrogens is 2. The zero-order chi connectivity index (χ0) is 10.3. The van der Waals surface area contributed by atoms with Gasteiger partial charge in [0, 0.05) is 6.07 Å².